The smallest absolute Gasteiger partial charge is 0.306 e. The number of carboxylic acid groups (broad SMARTS) is 1. The van der Waals surface area contributed by atoms with Crippen LogP contribution in [0.1, 0.15) is 25.8 Å². The van der Waals surface area contributed by atoms with Gasteiger partial charge in [0.05, 0.1) is 5.92 Å². The molecule has 0 saturated heterocycles. The van der Waals surface area contributed by atoms with Gasteiger partial charge in [-0.15, -0.1) is 0 Å². The molecule has 18 heavy (non-hydrogen) atoms. The molecule has 3 nitrogen and oxygen atoms in total. The number of hydrogen-bond acceptors (Lipinski definition) is 2. The van der Waals surface area contributed by atoms with Crippen LogP contribution in [-0.2, 0) is 11.3 Å². The van der Waals surface area contributed by atoms with Gasteiger partial charge < -0.3 is 10.0 Å². The van der Waals surface area contributed by atoms with E-state index in [-0.39, 0.29) is 11.8 Å². The van der Waals surface area contributed by atoms with Crippen molar-refractivity contribution in [3.05, 3.63) is 35.9 Å². The van der Waals surface area contributed by atoms with Crippen molar-refractivity contribution in [2.45, 2.75) is 26.8 Å². The average Bonchev–Trinajstić information content (AvgIpc) is 2.29. The van der Waals surface area contributed by atoms with Crippen LogP contribution in [0.4, 0.5) is 0 Å². The molecule has 1 atom stereocenters. The van der Waals surface area contributed by atoms with Gasteiger partial charge in [0.1, 0.15) is 0 Å². The molecule has 100 valence electrons. The van der Waals surface area contributed by atoms with Crippen LogP contribution in [0.25, 0.3) is 0 Å². The molecule has 0 radical (unpaired) electrons. The number of rotatable bonds is 7. The molecule has 1 rings (SSSR count). The zero-order valence-corrected chi connectivity index (χ0v) is 11.5. The normalized spacial score (nSPS) is 12.9. The molecule has 1 aromatic rings. The fourth-order valence-corrected chi connectivity index (χ4v) is 2.08. The summed E-state index contributed by atoms with van der Waals surface area (Å²) >= 11 is 0. The molecular formula is C15H23NO2. The van der Waals surface area contributed by atoms with E-state index in [4.69, 9.17) is 5.11 Å². The summed E-state index contributed by atoms with van der Waals surface area (Å²) in [6, 6.07) is 10.2. The van der Waals surface area contributed by atoms with Gasteiger partial charge in [-0.25, -0.2) is 0 Å². The standard InChI is InChI=1S/C15H23NO2/c1-12(2)14(15(17)18)9-10-16(3)11-13-7-5-4-6-8-13/h4-8,12,14H,9-11H2,1-3H3,(H,17,18). The largest absolute Gasteiger partial charge is 0.481 e. The highest BCUT2D eigenvalue weighted by Gasteiger charge is 2.21. The number of carbonyl (C=O) groups is 1. The second-order valence-corrected chi connectivity index (χ2v) is 5.20. The molecule has 3 heteroatoms. The zero-order chi connectivity index (χ0) is 13.5. The van der Waals surface area contributed by atoms with Gasteiger partial charge in [-0.05, 0) is 31.5 Å². The minimum Gasteiger partial charge on any atom is -0.481 e. The van der Waals surface area contributed by atoms with Gasteiger partial charge in [0, 0.05) is 6.54 Å². The molecule has 0 amide bonds. The van der Waals surface area contributed by atoms with E-state index in [0.29, 0.717) is 6.42 Å². The molecule has 0 aliphatic carbocycles. The summed E-state index contributed by atoms with van der Waals surface area (Å²) < 4.78 is 0. The van der Waals surface area contributed by atoms with E-state index in [1.54, 1.807) is 0 Å². The van der Waals surface area contributed by atoms with Crippen molar-refractivity contribution in [1.82, 2.24) is 4.90 Å². The maximum atomic E-state index is 11.1. The van der Waals surface area contributed by atoms with E-state index in [1.807, 2.05) is 39.1 Å². The summed E-state index contributed by atoms with van der Waals surface area (Å²) in [5.41, 5.74) is 1.26. The molecule has 1 unspecified atom stereocenters. The highest BCUT2D eigenvalue weighted by Crippen LogP contribution is 2.16. The van der Waals surface area contributed by atoms with E-state index in [9.17, 15) is 4.79 Å². The highest BCUT2D eigenvalue weighted by molar-refractivity contribution is 5.70. The predicted molar refractivity (Wildman–Crippen MR) is 73.4 cm³/mol. The first kappa shape index (κ1) is 14.7. The lowest BCUT2D eigenvalue weighted by Crippen LogP contribution is -2.27. The number of hydrogen-bond donors (Lipinski definition) is 1. The van der Waals surface area contributed by atoms with Crippen LogP contribution in [-0.4, -0.2) is 29.6 Å². The Hall–Kier alpha value is -1.35. The Balaban J connectivity index is 2.41. The van der Waals surface area contributed by atoms with Gasteiger partial charge in [0.2, 0.25) is 0 Å². The summed E-state index contributed by atoms with van der Waals surface area (Å²) in [5, 5.41) is 9.13. The Morgan fingerprint density at radius 2 is 1.89 bits per heavy atom. The molecule has 0 fully saturated rings. The molecule has 1 N–H and O–H groups in total. The van der Waals surface area contributed by atoms with Gasteiger partial charge in [-0.3, -0.25) is 4.79 Å². The fraction of sp³-hybridized carbons (Fsp3) is 0.533. The van der Waals surface area contributed by atoms with Gasteiger partial charge in [0.15, 0.2) is 0 Å². The molecule has 0 bridgehead atoms. The van der Waals surface area contributed by atoms with Crippen molar-refractivity contribution < 1.29 is 9.90 Å². The van der Waals surface area contributed by atoms with Gasteiger partial charge in [-0.1, -0.05) is 44.2 Å². The van der Waals surface area contributed by atoms with Crippen LogP contribution in [0.2, 0.25) is 0 Å². The average molecular weight is 249 g/mol. The maximum absolute atomic E-state index is 11.1. The van der Waals surface area contributed by atoms with Crippen molar-refractivity contribution >= 4 is 5.97 Å². The lowest BCUT2D eigenvalue weighted by atomic mass is 9.92. The second-order valence-electron chi connectivity index (χ2n) is 5.20. The molecular weight excluding hydrogens is 226 g/mol. The molecule has 0 aromatic heterocycles. The van der Waals surface area contributed by atoms with E-state index in [0.717, 1.165) is 13.1 Å². The zero-order valence-electron chi connectivity index (χ0n) is 11.5. The summed E-state index contributed by atoms with van der Waals surface area (Å²) in [4.78, 5) is 13.3. The maximum Gasteiger partial charge on any atom is 0.306 e. The third-order valence-corrected chi connectivity index (χ3v) is 3.24. The minimum atomic E-state index is -0.682. The first-order chi connectivity index (χ1) is 8.50. The van der Waals surface area contributed by atoms with Crippen LogP contribution in [0, 0.1) is 11.8 Å². The summed E-state index contributed by atoms with van der Waals surface area (Å²) in [5.74, 6) is -0.742. The van der Waals surface area contributed by atoms with Crippen molar-refractivity contribution in [3.8, 4) is 0 Å². The number of benzene rings is 1. The third kappa shape index (κ3) is 4.88. The molecule has 1 aromatic carbocycles. The first-order valence-corrected chi connectivity index (χ1v) is 6.46. The predicted octanol–water partition coefficient (Wildman–Crippen LogP) is 2.87. The highest BCUT2D eigenvalue weighted by atomic mass is 16.4. The van der Waals surface area contributed by atoms with Crippen molar-refractivity contribution in [2.75, 3.05) is 13.6 Å². The van der Waals surface area contributed by atoms with E-state index in [1.165, 1.54) is 5.56 Å². The molecule has 0 aliphatic heterocycles. The van der Waals surface area contributed by atoms with Gasteiger partial charge in [0.25, 0.3) is 0 Å². The van der Waals surface area contributed by atoms with Crippen LogP contribution >= 0.6 is 0 Å². The topological polar surface area (TPSA) is 40.5 Å². The van der Waals surface area contributed by atoms with E-state index < -0.39 is 5.97 Å². The van der Waals surface area contributed by atoms with Crippen LogP contribution in [0.15, 0.2) is 30.3 Å². The molecule has 0 spiro atoms. The third-order valence-electron chi connectivity index (χ3n) is 3.24. The SMILES string of the molecule is CC(C)C(CCN(C)Cc1ccccc1)C(=O)O. The van der Waals surface area contributed by atoms with E-state index >= 15 is 0 Å². The molecule has 0 heterocycles. The first-order valence-electron chi connectivity index (χ1n) is 6.46. The lowest BCUT2D eigenvalue weighted by molar-refractivity contribution is -0.143. The van der Waals surface area contributed by atoms with Gasteiger partial charge >= 0.3 is 5.97 Å². The van der Waals surface area contributed by atoms with Crippen molar-refractivity contribution in [2.24, 2.45) is 11.8 Å². The molecule has 0 saturated carbocycles. The van der Waals surface area contributed by atoms with Crippen LogP contribution in [0.3, 0.4) is 0 Å². The molecule has 0 aliphatic rings. The Kier molecular flexibility index (Phi) is 5.86. The van der Waals surface area contributed by atoms with Gasteiger partial charge in [-0.2, -0.15) is 0 Å². The summed E-state index contributed by atoms with van der Waals surface area (Å²) in [7, 11) is 2.03. The van der Waals surface area contributed by atoms with Crippen molar-refractivity contribution in [1.29, 1.82) is 0 Å². The summed E-state index contributed by atoms with van der Waals surface area (Å²) in [6.07, 6.45) is 0.705. The number of aliphatic carboxylic acids is 1. The Morgan fingerprint density at radius 1 is 1.28 bits per heavy atom. The Bertz CT molecular complexity index is 362. The Labute approximate surface area is 109 Å². The number of carboxylic acids is 1. The van der Waals surface area contributed by atoms with Crippen LogP contribution < -0.4 is 0 Å². The quantitative estimate of drug-likeness (QED) is 0.807. The lowest BCUT2D eigenvalue weighted by Gasteiger charge is -2.21. The fourth-order valence-electron chi connectivity index (χ4n) is 2.08. The van der Waals surface area contributed by atoms with E-state index in [2.05, 4.69) is 17.0 Å². The minimum absolute atomic E-state index is 0.188. The van der Waals surface area contributed by atoms with Crippen molar-refractivity contribution in [3.63, 3.8) is 0 Å². The number of nitrogens with zero attached hydrogens (tertiary/aromatic N) is 1. The second kappa shape index (κ2) is 7.17. The van der Waals surface area contributed by atoms with Crippen LogP contribution in [0.5, 0.6) is 0 Å². The monoisotopic (exact) mass is 249 g/mol. The summed E-state index contributed by atoms with van der Waals surface area (Å²) in [6.45, 7) is 5.61. The Morgan fingerprint density at radius 3 is 2.39 bits per heavy atom.